The molecule has 0 amide bonds. The second-order valence-electron chi connectivity index (χ2n) is 5.61. The molecule has 3 rings (SSSR count). The van der Waals surface area contributed by atoms with E-state index in [0.717, 1.165) is 18.7 Å². The predicted octanol–water partition coefficient (Wildman–Crippen LogP) is 0.990. The van der Waals surface area contributed by atoms with Crippen molar-refractivity contribution >= 4 is 0 Å². The molecule has 2 aromatic heterocycles. The van der Waals surface area contributed by atoms with Crippen molar-refractivity contribution < 1.29 is 0 Å². The summed E-state index contributed by atoms with van der Waals surface area (Å²) in [7, 11) is 0. The molecule has 0 aromatic carbocycles. The number of aryl methyl sites for hydroxylation is 1. The summed E-state index contributed by atoms with van der Waals surface area (Å²) in [5.41, 5.74) is -0.243. The van der Waals surface area contributed by atoms with E-state index in [-0.39, 0.29) is 5.56 Å². The third kappa shape index (κ3) is 2.81. The summed E-state index contributed by atoms with van der Waals surface area (Å²) in [6.45, 7) is 2.01. The van der Waals surface area contributed by atoms with Crippen molar-refractivity contribution in [1.82, 2.24) is 24.3 Å². The van der Waals surface area contributed by atoms with E-state index in [0.29, 0.717) is 18.2 Å². The number of nitrogens with zero attached hydrogens (tertiary/aromatic N) is 4. The number of hydrogen-bond donors (Lipinski definition) is 1. The van der Waals surface area contributed by atoms with Crippen LogP contribution in [-0.2, 0) is 6.54 Å². The van der Waals surface area contributed by atoms with Gasteiger partial charge in [0, 0.05) is 11.8 Å². The van der Waals surface area contributed by atoms with Gasteiger partial charge in [-0.25, -0.2) is 14.5 Å². The number of H-pyrrole nitrogens is 1. The van der Waals surface area contributed by atoms with E-state index >= 15 is 0 Å². The van der Waals surface area contributed by atoms with Crippen molar-refractivity contribution in [3.05, 3.63) is 44.8 Å². The van der Waals surface area contributed by atoms with Gasteiger partial charge >= 0.3 is 5.69 Å². The fourth-order valence-electron chi connectivity index (χ4n) is 2.91. The minimum atomic E-state index is -0.413. The number of hydrogen-bond acceptors (Lipinski definition) is 4. The molecule has 1 N–H and O–H groups in total. The lowest BCUT2D eigenvalue weighted by Gasteiger charge is -2.23. The minimum Gasteiger partial charge on any atom is -0.293 e. The van der Waals surface area contributed by atoms with Crippen molar-refractivity contribution in [2.75, 3.05) is 0 Å². The Kier molecular flexibility index (Phi) is 3.72. The Bertz CT molecular complexity index is 736. The van der Waals surface area contributed by atoms with Crippen LogP contribution in [-0.4, -0.2) is 24.3 Å². The molecule has 0 unspecified atom stereocenters. The highest BCUT2D eigenvalue weighted by Gasteiger charge is 2.19. The Morgan fingerprint density at radius 3 is 2.81 bits per heavy atom. The van der Waals surface area contributed by atoms with Crippen molar-refractivity contribution in [1.29, 1.82) is 0 Å². The summed E-state index contributed by atoms with van der Waals surface area (Å²) in [5, 5.41) is 4.32. The average Bonchev–Trinajstić information content (AvgIpc) is 2.94. The first kappa shape index (κ1) is 13.8. The van der Waals surface area contributed by atoms with Gasteiger partial charge in [0.2, 0.25) is 0 Å². The zero-order valence-corrected chi connectivity index (χ0v) is 12.1. The molecular weight excluding hydrogens is 270 g/mol. The Hall–Kier alpha value is -2.18. The summed E-state index contributed by atoms with van der Waals surface area (Å²) in [6.07, 6.45) is 9.02. The molecule has 0 atom stereocenters. The second kappa shape index (κ2) is 5.67. The van der Waals surface area contributed by atoms with Crippen molar-refractivity contribution in [3.63, 3.8) is 0 Å². The van der Waals surface area contributed by atoms with E-state index in [1.54, 1.807) is 13.1 Å². The van der Waals surface area contributed by atoms with E-state index in [9.17, 15) is 9.59 Å². The van der Waals surface area contributed by atoms with Crippen LogP contribution in [0.3, 0.4) is 0 Å². The Labute approximate surface area is 121 Å². The first-order valence-electron chi connectivity index (χ1n) is 7.34. The van der Waals surface area contributed by atoms with Crippen LogP contribution in [0, 0.1) is 6.92 Å². The molecule has 1 aliphatic carbocycles. The normalized spacial score (nSPS) is 16.2. The lowest BCUT2D eigenvalue weighted by Crippen LogP contribution is -2.32. The zero-order chi connectivity index (χ0) is 14.8. The van der Waals surface area contributed by atoms with Crippen LogP contribution in [0.1, 0.15) is 49.5 Å². The van der Waals surface area contributed by atoms with Gasteiger partial charge in [0.25, 0.3) is 5.56 Å². The standard InChI is InChI=1S/C14H19N5O2/c1-10-7-18(14(21)17-13(10)20)8-12-15-9-16-19(12)11-5-3-2-4-6-11/h7,9,11H,2-6,8H2,1H3,(H,17,20,21). The highest BCUT2D eigenvalue weighted by atomic mass is 16.2. The largest absolute Gasteiger partial charge is 0.328 e. The van der Waals surface area contributed by atoms with Crippen LogP contribution in [0.15, 0.2) is 22.1 Å². The molecule has 21 heavy (non-hydrogen) atoms. The molecule has 1 aliphatic rings. The number of rotatable bonds is 3. The molecule has 0 spiro atoms. The maximum atomic E-state index is 11.9. The second-order valence-corrected chi connectivity index (χ2v) is 5.61. The minimum absolute atomic E-state index is 0.326. The fourth-order valence-corrected chi connectivity index (χ4v) is 2.91. The van der Waals surface area contributed by atoms with E-state index in [2.05, 4.69) is 15.1 Å². The van der Waals surface area contributed by atoms with Crippen LogP contribution in [0.2, 0.25) is 0 Å². The molecule has 7 heteroatoms. The summed E-state index contributed by atoms with van der Waals surface area (Å²) >= 11 is 0. The highest BCUT2D eigenvalue weighted by Crippen LogP contribution is 2.28. The summed E-state index contributed by atoms with van der Waals surface area (Å²) in [6, 6.07) is 0.371. The summed E-state index contributed by atoms with van der Waals surface area (Å²) in [4.78, 5) is 29.9. The van der Waals surface area contributed by atoms with Gasteiger partial charge in [0.1, 0.15) is 12.2 Å². The van der Waals surface area contributed by atoms with Gasteiger partial charge in [-0.15, -0.1) is 0 Å². The van der Waals surface area contributed by atoms with Crippen LogP contribution < -0.4 is 11.2 Å². The lowest BCUT2D eigenvalue weighted by molar-refractivity contribution is 0.318. The zero-order valence-electron chi connectivity index (χ0n) is 12.1. The molecule has 0 radical (unpaired) electrons. The third-order valence-corrected chi connectivity index (χ3v) is 4.07. The SMILES string of the molecule is Cc1cn(Cc2ncnn2C2CCCCC2)c(=O)[nH]c1=O. The van der Waals surface area contributed by atoms with Gasteiger partial charge in [-0.05, 0) is 19.8 Å². The van der Waals surface area contributed by atoms with Gasteiger partial charge in [-0.3, -0.25) is 14.3 Å². The van der Waals surface area contributed by atoms with Crippen molar-refractivity contribution in [3.8, 4) is 0 Å². The quantitative estimate of drug-likeness (QED) is 0.913. The molecule has 1 saturated carbocycles. The Morgan fingerprint density at radius 1 is 1.29 bits per heavy atom. The topological polar surface area (TPSA) is 85.6 Å². The van der Waals surface area contributed by atoms with E-state index < -0.39 is 5.69 Å². The molecule has 112 valence electrons. The summed E-state index contributed by atoms with van der Waals surface area (Å²) < 4.78 is 3.41. The smallest absolute Gasteiger partial charge is 0.293 e. The molecule has 7 nitrogen and oxygen atoms in total. The van der Waals surface area contributed by atoms with Crippen LogP contribution >= 0.6 is 0 Å². The molecule has 0 saturated heterocycles. The number of aromatic nitrogens is 5. The van der Waals surface area contributed by atoms with E-state index in [1.165, 1.54) is 30.2 Å². The highest BCUT2D eigenvalue weighted by molar-refractivity contribution is 5.02. The van der Waals surface area contributed by atoms with E-state index in [1.807, 2.05) is 4.68 Å². The predicted molar refractivity (Wildman–Crippen MR) is 77.3 cm³/mol. The Balaban J connectivity index is 1.89. The van der Waals surface area contributed by atoms with Crippen molar-refractivity contribution in [2.24, 2.45) is 0 Å². The fraction of sp³-hybridized carbons (Fsp3) is 0.571. The van der Waals surface area contributed by atoms with Gasteiger partial charge in [-0.2, -0.15) is 5.10 Å². The maximum absolute atomic E-state index is 11.9. The maximum Gasteiger partial charge on any atom is 0.328 e. The van der Waals surface area contributed by atoms with Crippen LogP contribution in [0.4, 0.5) is 0 Å². The van der Waals surface area contributed by atoms with Crippen LogP contribution in [0.25, 0.3) is 0 Å². The lowest BCUT2D eigenvalue weighted by atomic mass is 9.95. The molecular formula is C14H19N5O2. The molecule has 2 aromatic rings. The number of aromatic amines is 1. The average molecular weight is 289 g/mol. The molecule has 1 fully saturated rings. The molecule has 2 heterocycles. The van der Waals surface area contributed by atoms with Crippen molar-refractivity contribution in [2.45, 2.75) is 51.6 Å². The first-order valence-corrected chi connectivity index (χ1v) is 7.34. The number of nitrogens with one attached hydrogen (secondary N) is 1. The van der Waals surface area contributed by atoms with Gasteiger partial charge in [0.15, 0.2) is 0 Å². The first-order chi connectivity index (χ1) is 10.1. The third-order valence-electron chi connectivity index (χ3n) is 4.07. The van der Waals surface area contributed by atoms with Crippen LogP contribution in [0.5, 0.6) is 0 Å². The monoisotopic (exact) mass is 289 g/mol. The van der Waals surface area contributed by atoms with Gasteiger partial charge in [0.05, 0.1) is 12.6 Å². The van der Waals surface area contributed by atoms with Gasteiger partial charge in [-0.1, -0.05) is 19.3 Å². The molecule has 0 aliphatic heterocycles. The van der Waals surface area contributed by atoms with E-state index in [4.69, 9.17) is 0 Å². The summed E-state index contributed by atoms with van der Waals surface area (Å²) in [5.74, 6) is 0.760. The molecule has 0 bridgehead atoms. The van der Waals surface area contributed by atoms with Gasteiger partial charge < -0.3 is 0 Å². The Morgan fingerprint density at radius 2 is 2.05 bits per heavy atom.